The molecule has 2 aromatic rings. The van der Waals surface area contributed by atoms with Gasteiger partial charge >= 0.3 is 0 Å². The summed E-state index contributed by atoms with van der Waals surface area (Å²) in [4.78, 5) is 4.73. The van der Waals surface area contributed by atoms with E-state index in [0.717, 1.165) is 48.8 Å². The first kappa shape index (κ1) is 16.0. The van der Waals surface area contributed by atoms with Crippen LogP contribution in [0.2, 0.25) is 5.02 Å². The molecule has 0 aromatic carbocycles. The maximum absolute atomic E-state index is 6.25. The Labute approximate surface area is 131 Å². The van der Waals surface area contributed by atoms with E-state index in [1.165, 1.54) is 5.56 Å². The van der Waals surface area contributed by atoms with E-state index >= 15 is 0 Å². The Bertz CT molecular complexity index is 619. The lowest BCUT2D eigenvalue weighted by molar-refractivity contribution is 0.716. The maximum atomic E-state index is 6.25. The van der Waals surface area contributed by atoms with E-state index < -0.39 is 0 Å². The van der Waals surface area contributed by atoms with E-state index in [1.807, 2.05) is 18.5 Å². The molecular weight excluding hydrogens is 284 g/mol. The van der Waals surface area contributed by atoms with Crippen molar-refractivity contribution in [2.75, 3.05) is 6.54 Å². The highest BCUT2D eigenvalue weighted by Crippen LogP contribution is 2.22. The van der Waals surface area contributed by atoms with Crippen LogP contribution in [0.15, 0.2) is 12.1 Å². The third kappa shape index (κ3) is 3.63. The van der Waals surface area contributed by atoms with Gasteiger partial charge in [0.25, 0.3) is 0 Å². The van der Waals surface area contributed by atoms with Gasteiger partial charge < -0.3 is 5.32 Å². The highest BCUT2D eigenvalue weighted by atomic mass is 35.5. The van der Waals surface area contributed by atoms with Gasteiger partial charge in [0.05, 0.1) is 16.4 Å². The summed E-state index contributed by atoms with van der Waals surface area (Å²) in [5.74, 6) is 0.848. The van der Waals surface area contributed by atoms with Crippen LogP contribution < -0.4 is 5.32 Å². The Morgan fingerprint density at radius 3 is 2.57 bits per heavy atom. The summed E-state index contributed by atoms with van der Waals surface area (Å²) in [6, 6.07) is 4.25. The van der Waals surface area contributed by atoms with Gasteiger partial charge in [0.15, 0.2) is 5.82 Å². The van der Waals surface area contributed by atoms with Gasteiger partial charge in [-0.05, 0) is 44.5 Å². The van der Waals surface area contributed by atoms with E-state index in [4.69, 9.17) is 16.6 Å². The van der Waals surface area contributed by atoms with E-state index in [-0.39, 0.29) is 0 Å². The molecule has 2 aromatic heterocycles. The molecule has 5 heteroatoms. The Balaban J connectivity index is 2.45. The second kappa shape index (κ2) is 7.05. The van der Waals surface area contributed by atoms with E-state index in [9.17, 15) is 0 Å². The second-order valence-electron chi connectivity index (χ2n) is 5.25. The SMILES string of the molecule is CCCc1cc(CNCC)cc(-n2nc(C)c(Cl)c2C)n1. The van der Waals surface area contributed by atoms with Crippen molar-refractivity contribution >= 4 is 11.6 Å². The molecular formula is C16H23ClN4. The Morgan fingerprint density at radius 1 is 1.24 bits per heavy atom. The van der Waals surface area contributed by atoms with Crippen molar-refractivity contribution < 1.29 is 0 Å². The third-order valence-corrected chi connectivity index (χ3v) is 3.98. The fourth-order valence-electron chi connectivity index (χ4n) is 2.34. The molecule has 0 atom stereocenters. The molecule has 2 rings (SSSR count). The van der Waals surface area contributed by atoms with Gasteiger partial charge in [-0.1, -0.05) is 31.9 Å². The lowest BCUT2D eigenvalue weighted by atomic mass is 10.1. The molecule has 0 unspecified atom stereocenters. The minimum Gasteiger partial charge on any atom is -0.313 e. The first-order chi connectivity index (χ1) is 10.1. The summed E-state index contributed by atoms with van der Waals surface area (Å²) in [6.45, 7) is 9.96. The zero-order valence-corrected chi connectivity index (χ0v) is 14.0. The molecule has 2 heterocycles. The largest absolute Gasteiger partial charge is 0.313 e. The van der Waals surface area contributed by atoms with Crippen LogP contribution in [-0.2, 0) is 13.0 Å². The molecule has 0 bridgehead atoms. The lowest BCUT2D eigenvalue weighted by Gasteiger charge is -2.10. The molecule has 114 valence electrons. The number of nitrogens with one attached hydrogen (secondary N) is 1. The number of aryl methyl sites for hydroxylation is 2. The van der Waals surface area contributed by atoms with Crippen LogP contribution in [0.3, 0.4) is 0 Å². The van der Waals surface area contributed by atoms with Crippen molar-refractivity contribution in [3.63, 3.8) is 0 Å². The molecule has 0 aliphatic carbocycles. The molecule has 0 aliphatic heterocycles. The average molecular weight is 307 g/mol. The minimum absolute atomic E-state index is 0.714. The zero-order valence-electron chi connectivity index (χ0n) is 13.2. The molecule has 1 N–H and O–H groups in total. The van der Waals surface area contributed by atoms with Gasteiger partial charge in [0.1, 0.15) is 0 Å². The standard InChI is InChI=1S/C16H23ClN4/c1-5-7-14-8-13(10-18-6-2)9-15(19-14)21-12(4)16(17)11(3)20-21/h8-9,18H,5-7,10H2,1-4H3. The summed E-state index contributed by atoms with van der Waals surface area (Å²) < 4.78 is 1.84. The smallest absolute Gasteiger partial charge is 0.154 e. The number of rotatable bonds is 6. The topological polar surface area (TPSA) is 42.7 Å². The summed E-state index contributed by atoms with van der Waals surface area (Å²) >= 11 is 6.25. The maximum Gasteiger partial charge on any atom is 0.154 e. The first-order valence-corrected chi connectivity index (χ1v) is 7.87. The Morgan fingerprint density at radius 2 is 2.00 bits per heavy atom. The fourth-order valence-corrected chi connectivity index (χ4v) is 2.46. The van der Waals surface area contributed by atoms with Crippen LogP contribution >= 0.6 is 11.6 Å². The normalized spacial score (nSPS) is 11.1. The molecule has 0 aliphatic rings. The number of hydrogen-bond acceptors (Lipinski definition) is 3. The first-order valence-electron chi connectivity index (χ1n) is 7.49. The molecule has 0 amide bonds. The van der Waals surface area contributed by atoms with Crippen LogP contribution in [0.25, 0.3) is 5.82 Å². The summed E-state index contributed by atoms with van der Waals surface area (Å²) in [6.07, 6.45) is 2.05. The van der Waals surface area contributed by atoms with Crippen LogP contribution in [0.5, 0.6) is 0 Å². The van der Waals surface area contributed by atoms with E-state index in [1.54, 1.807) is 0 Å². The lowest BCUT2D eigenvalue weighted by Crippen LogP contribution is -2.13. The van der Waals surface area contributed by atoms with Gasteiger partial charge in [0, 0.05) is 12.2 Å². The Hall–Kier alpha value is -1.39. The highest BCUT2D eigenvalue weighted by molar-refractivity contribution is 6.31. The minimum atomic E-state index is 0.714. The average Bonchev–Trinajstić information content (AvgIpc) is 2.73. The van der Waals surface area contributed by atoms with Gasteiger partial charge in [-0.3, -0.25) is 0 Å². The van der Waals surface area contributed by atoms with E-state index in [2.05, 4.69) is 36.4 Å². The van der Waals surface area contributed by atoms with Crippen molar-refractivity contribution in [1.29, 1.82) is 0 Å². The monoisotopic (exact) mass is 306 g/mol. The summed E-state index contributed by atoms with van der Waals surface area (Å²) in [7, 11) is 0. The highest BCUT2D eigenvalue weighted by Gasteiger charge is 2.13. The van der Waals surface area contributed by atoms with Crippen molar-refractivity contribution in [3.8, 4) is 5.82 Å². The number of nitrogens with zero attached hydrogens (tertiary/aromatic N) is 3. The molecule has 0 saturated heterocycles. The van der Waals surface area contributed by atoms with E-state index in [0.29, 0.717) is 5.02 Å². The van der Waals surface area contributed by atoms with Crippen LogP contribution in [0, 0.1) is 13.8 Å². The van der Waals surface area contributed by atoms with Gasteiger partial charge in [0.2, 0.25) is 0 Å². The number of aromatic nitrogens is 3. The molecule has 0 spiro atoms. The molecule has 4 nitrogen and oxygen atoms in total. The quantitative estimate of drug-likeness (QED) is 0.886. The zero-order chi connectivity index (χ0) is 15.4. The number of halogens is 1. The van der Waals surface area contributed by atoms with Crippen molar-refractivity contribution in [3.05, 3.63) is 39.8 Å². The molecule has 0 saturated carbocycles. The molecule has 0 radical (unpaired) electrons. The molecule has 0 fully saturated rings. The van der Waals surface area contributed by atoms with Crippen molar-refractivity contribution in [2.24, 2.45) is 0 Å². The van der Waals surface area contributed by atoms with Crippen LogP contribution in [0.4, 0.5) is 0 Å². The molecule has 21 heavy (non-hydrogen) atoms. The van der Waals surface area contributed by atoms with Crippen LogP contribution in [-0.4, -0.2) is 21.3 Å². The summed E-state index contributed by atoms with van der Waals surface area (Å²) in [5.41, 5.74) is 4.11. The van der Waals surface area contributed by atoms with Gasteiger partial charge in [-0.25, -0.2) is 9.67 Å². The van der Waals surface area contributed by atoms with Gasteiger partial charge in [-0.15, -0.1) is 0 Å². The number of pyridine rings is 1. The Kier molecular flexibility index (Phi) is 5.37. The third-order valence-electron chi connectivity index (χ3n) is 3.43. The summed E-state index contributed by atoms with van der Waals surface area (Å²) in [5, 5.41) is 8.58. The second-order valence-corrected chi connectivity index (χ2v) is 5.63. The van der Waals surface area contributed by atoms with Crippen molar-refractivity contribution in [1.82, 2.24) is 20.1 Å². The van der Waals surface area contributed by atoms with Crippen LogP contribution in [0.1, 0.15) is 42.9 Å². The van der Waals surface area contributed by atoms with Gasteiger partial charge in [-0.2, -0.15) is 5.10 Å². The van der Waals surface area contributed by atoms with Crippen molar-refractivity contribution in [2.45, 2.75) is 47.1 Å². The fraction of sp³-hybridized carbons (Fsp3) is 0.500. The number of hydrogen-bond donors (Lipinski definition) is 1. The predicted molar refractivity (Wildman–Crippen MR) is 87.2 cm³/mol. The predicted octanol–water partition coefficient (Wildman–Crippen LogP) is 3.60.